The van der Waals surface area contributed by atoms with E-state index in [-0.39, 0.29) is 12.3 Å². The quantitative estimate of drug-likeness (QED) is 0.692. The number of carbonyl (C=O) groups excluding carboxylic acids is 1. The van der Waals surface area contributed by atoms with Crippen molar-refractivity contribution in [3.63, 3.8) is 0 Å². The van der Waals surface area contributed by atoms with E-state index in [1.807, 2.05) is 50.6 Å². The van der Waals surface area contributed by atoms with Crippen LogP contribution >= 0.6 is 23.5 Å². The zero-order valence-electron chi connectivity index (χ0n) is 14.5. The molecule has 25 heavy (non-hydrogen) atoms. The van der Waals surface area contributed by atoms with Crippen LogP contribution in [0.1, 0.15) is 17.0 Å². The molecule has 0 spiro atoms. The molecule has 0 unspecified atom stereocenters. The lowest BCUT2D eigenvalue weighted by atomic mass is 10.1. The highest BCUT2D eigenvalue weighted by molar-refractivity contribution is 7.98. The highest BCUT2D eigenvalue weighted by Gasteiger charge is 2.16. The number of thioether (sulfide) groups is 2. The Balaban J connectivity index is 1.85. The van der Waals surface area contributed by atoms with Crippen LogP contribution in [0.5, 0.6) is 0 Å². The Hall–Kier alpha value is -2.06. The Labute approximate surface area is 154 Å². The molecule has 0 radical (unpaired) electrons. The molecule has 1 amide bonds. The van der Waals surface area contributed by atoms with Crippen LogP contribution in [0.4, 0.5) is 5.69 Å². The van der Waals surface area contributed by atoms with Gasteiger partial charge in [-0.3, -0.25) is 4.79 Å². The molecule has 3 rings (SSSR count). The number of benzene rings is 1. The van der Waals surface area contributed by atoms with Crippen LogP contribution in [0.25, 0.3) is 5.78 Å². The van der Waals surface area contributed by atoms with Crippen molar-refractivity contribution in [2.24, 2.45) is 0 Å². The van der Waals surface area contributed by atoms with E-state index in [0.717, 1.165) is 27.5 Å². The highest BCUT2D eigenvalue weighted by atomic mass is 32.2. The standard InChI is InChI=1S/C17H19N5OS2/c1-10-14(11(2)22-16(18-10)20-17(21-22)25-4)9-15(23)19-12-6-5-7-13(8-12)24-3/h5-8H,9H2,1-4H3,(H,19,23). The topological polar surface area (TPSA) is 72.2 Å². The third-order valence-corrected chi connectivity index (χ3v) is 5.17. The van der Waals surface area contributed by atoms with E-state index in [1.54, 1.807) is 16.3 Å². The third-order valence-electron chi connectivity index (χ3n) is 3.90. The van der Waals surface area contributed by atoms with E-state index in [2.05, 4.69) is 20.4 Å². The number of hydrogen-bond donors (Lipinski definition) is 1. The van der Waals surface area contributed by atoms with Gasteiger partial charge in [-0.05, 0) is 44.6 Å². The number of aryl methyl sites for hydroxylation is 2. The van der Waals surface area contributed by atoms with Gasteiger partial charge >= 0.3 is 0 Å². The van der Waals surface area contributed by atoms with Gasteiger partial charge in [0.25, 0.3) is 5.78 Å². The zero-order chi connectivity index (χ0) is 18.0. The summed E-state index contributed by atoms with van der Waals surface area (Å²) in [5.74, 6) is 0.493. The SMILES string of the molecule is CSc1cccc(NC(=O)Cc2c(C)nc3nc(SC)nn3c2C)c1. The first-order chi connectivity index (χ1) is 12.0. The summed E-state index contributed by atoms with van der Waals surface area (Å²) < 4.78 is 1.70. The molecule has 0 aliphatic rings. The molecule has 0 bridgehead atoms. The first-order valence-corrected chi connectivity index (χ1v) is 10.2. The molecule has 2 aromatic heterocycles. The van der Waals surface area contributed by atoms with Gasteiger partial charge in [0.2, 0.25) is 11.1 Å². The number of hydrogen-bond acceptors (Lipinski definition) is 6. The Morgan fingerprint density at radius 3 is 2.72 bits per heavy atom. The maximum Gasteiger partial charge on any atom is 0.253 e. The summed E-state index contributed by atoms with van der Waals surface area (Å²) in [6, 6.07) is 7.80. The van der Waals surface area contributed by atoms with E-state index < -0.39 is 0 Å². The minimum Gasteiger partial charge on any atom is -0.326 e. The fourth-order valence-electron chi connectivity index (χ4n) is 2.60. The van der Waals surface area contributed by atoms with Gasteiger partial charge in [-0.15, -0.1) is 16.9 Å². The fourth-order valence-corrected chi connectivity index (χ4v) is 3.39. The third kappa shape index (κ3) is 3.80. The summed E-state index contributed by atoms with van der Waals surface area (Å²) in [5, 5.41) is 8.04. The van der Waals surface area contributed by atoms with Crippen LogP contribution < -0.4 is 5.32 Å². The Bertz CT molecular complexity index is 938. The van der Waals surface area contributed by atoms with Gasteiger partial charge in [0.15, 0.2) is 0 Å². The molecule has 3 aromatic rings. The molecule has 0 saturated heterocycles. The predicted octanol–water partition coefficient (Wildman–Crippen LogP) is 3.37. The van der Waals surface area contributed by atoms with Crippen LogP contribution in [0, 0.1) is 13.8 Å². The van der Waals surface area contributed by atoms with Crippen molar-refractivity contribution in [1.29, 1.82) is 0 Å². The van der Waals surface area contributed by atoms with Crippen LogP contribution in [0.2, 0.25) is 0 Å². The van der Waals surface area contributed by atoms with E-state index in [0.29, 0.717) is 10.9 Å². The summed E-state index contributed by atoms with van der Waals surface area (Å²) >= 11 is 3.11. The lowest BCUT2D eigenvalue weighted by Gasteiger charge is -2.11. The number of carbonyl (C=O) groups is 1. The molecule has 0 fully saturated rings. The number of aromatic nitrogens is 4. The summed E-state index contributed by atoms with van der Waals surface area (Å²) in [5.41, 5.74) is 3.37. The molecule has 0 aliphatic heterocycles. The van der Waals surface area contributed by atoms with Crippen molar-refractivity contribution < 1.29 is 4.79 Å². The second-order valence-electron chi connectivity index (χ2n) is 5.53. The van der Waals surface area contributed by atoms with E-state index in [1.165, 1.54) is 11.8 Å². The maximum atomic E-state index is 12.5. The average Bonchev–Trinajstić information content (AvgIpc) is 3.02. The number of nitrogens with one attached hydrogen (secondary N) is 1. The molecule has 2 heterocycles. The average molecular weight is 374 g/mol. The van der Waals surface area contributed by atoms with Crippen molar-refractivity contribution in [2.75, 3.05) is 17.8 Å². The van der Waals surface area contributed by atoms with Crippen molar-refractivity contribution in [1.82, 2.24) is 19.6 Å². The molecule has 1 aromatic carbocycles. The molecular weight excluding hydrogens is 354 g/mol. The normalized spacial score (nSPS) is 11.0. The monoisotopic (exact) mass is 373 g/mol. The van der Waals surface area contributed by atoms with E-state index in [4.69, 9.17) is 0 Å². The van der Waals surface area contributed by atoms with Gasteiger partial charge < -0.3 is 5.32 Å². The second-order valence-corrected chi connectivity index (χ2v) is 7.18. The molecule has 8 heteroatoms. The summed E-state index contributed by atoms with van der Waals surface area (Å²) in [4.78, 5) is 22.4. The molecule has 0 atom stereocenters. The fraction of sp³-hybridized carbons (Fsp3) is 0.294. The number of nitrogens with zero attached hydrogens (tertiary/aromatic N) is 4. The van der Waals surface area contributed by atoms with Gasteiger partial charge in [0.1, 0.15) is 0 Å². The Morgan fingerprint density at radius 2 is 2.00 bits per heavy atom. The van der Waals surface area contributed by atoms with Crippen LogP contribution in [-0.4, -0.2) is 38.0 Å². The van der Waals surface area contributed by atoms with E-state index >= 15 is 0 Å². The zero-order valence-corrected chi connectivity index (χ0v) is 16.2. The first kappa shape index (κ1) is 17.8. The van der Waals surface area contributed by atoms with Crippen LogP contribution in [-0.2, 0) is 11.2 Å². The lowest BCUT2D eigenvalue weighted by Crippen LogP contribution is -2.17. The minimum absolute atomic E-state index is 0.0733. The van der Waals surface area contributed by atoms with Crippen molar-refractivity contribution >= 4 is 40.9 Å². The number of rotatable bonds is 5. The number of amides is 1. The maximum absolute atomic E-state index is 12.5. The molecule has 130 valence electrons. The highest BCUT2D eigenvalue weighted by Crippen LogP contribution is 2.20. The van der Waals surface area contributed by atoms with Crippen molar-refractivity contribution in [3.8, 4) is 0 Å². The largest absolute Gasteiger partial charge is 0.326 e. The first-order valence-electron chi connectivity index (χ1n) is 7.72. The molecular formula is C17H19N5OS2. The van der Waals surface area contributed by atoms with Crippen LogP contribution in [0.15, 0.2) is 34.3 Å². The molecule has 0 aliphatic carbocycles. The van der Waals surface area contributed by atoms with Gasteiger partial charge in [0.05, 0.1) is 6.42 Å². The summed E-state index contributed by atoms with van der Waals surface area (Å²) in [6.07, 6.45) is 4.18. The predicted molar refractivity (Wildman–Crippen MR) is 103 cm³/mol. The number of anilines is 1. The second kappa shape index (κ2) is 7.45. The molecule has 6 nitrogen and oxygen atoms in total. The molecule has 0 saturated carbocycles. The van der Waals surface area contributed by atoms with Gasteiger partial charge in [-0.25, -0.2) is 9.50 Å². The van der Waals surface area contributed by atoms with Gasteiger partial charge in [-0.1, -0.05) is 17.8 Å². The Kier molecular flexibility index (Phi) is 5.29. The lowest BCUT2D eigenvalue weighted by molar-refractivity contribution is -0.115. The van der Waals surface area contributed by atoms with Crippen molar-refractivity contribution in [3.05, 3.63) is 41.2 Å². The van der Waals surface area contributed by atoms with Gasteiger partial charge in [-0.2, -0.15) is 4.98 Å². The summed E-state index contributed by atoms with van der Waals surface area (Å²) in [6.45, 7) is 3.84. The summed E-state index contributed by atoms with van der Waals surface area (Å²) in [7, 11) is 0. The van der Waals surface area contributed by atoms with Gasteiger partial charge in [0, 0.05) is 27.5 Å². The van der Waals surface area contributed by atoms with Crippen LogP contribution in [0.3, 0.4) is 0 Å². The van der Waals surface area contributed by atoms with E-state index in [9.17, 15) is 4.79 Å². The minimum atomic E-state index is -0.0733. The van der Waals surface area contributed by atoms with Crippen molar-refractivity contribution in [2.45, 2.75) is 30.3 Å². The smallest absolute Gasteiger partial charge is 0.253 e. The number of fused-ring (bicyclic) bond motifs is 1. The Morgan fingerprint density at radius 1 is 1.20 bits per heavy atom. The molecule has 1 N–H and O–H groups in total.